The maximum Gasteiger partial charge on any atom is 0.253 e. The van der Waals surface area contributed by atoms with Crippen LogP contribution >= 0.6 is 27.3 Å². The fourth-order valence-electron chi connectivity index (χ4n) is 1.32. The Balaban J connectivity index is 2.01. The van der Waals surface area contributed by atoms with Gasteiger partial charge in [-0.05, 0) is 34.1 Å². The van der Waals surface area contributed by atoms with Crippen LogP contribution in [0.5, 0.6) is 0 Å². The van der Waals surface area contributed by atoms with Crippen molar-refractivity contribution in [3.8, 4) is 0 Å². The molecule has 6 heteroatoms. The zero-order valence-corrected chi connectivity index (χ0v) is 11.2. The van der Waals surface area contributed by atoms with E-state index in [4.69, 9.17) is 5.73 Å². The van der Waals surface area contributed by atoms with Crippen molar-refractivity contribution in [3.63, 3.8) is 0 Å². The van der Waals surface area contributed by atoms with Gasteiger partial charge in [0.05, 0.1) is 27.8 Å². The molecule has 0 saturated carbocycles. The first kappa shape index (κ1) is 12.1. The van der Waals surface area contributed by atoms with E-state index in [9.17, 15) is 4.79 Å². The fourth-order valence-corrected chi connectivity index (χ4v) is 2.75. The van der Waals surface area contributed by atoms with Gasteiger partial charge in [0, 0.05) is 11.1 Å². The van der Waals surface area contributed by atoms with Gasteiger partial charge in [0.15, 0.2) is 0 Å². The highest BCUT2D eigenvalue weighted by Crippen LogP contribution is 2.21. The number of hydrogen-bond acceptors (Lipinski definition) is 4. The summed E-state index contributed by atoms with van der Waals surface area (Å²) >= 11 is 4.96. The number of rotatable bonds is 3. The summed E-state index contributed by atoms with van der Waals surface area (Å²) in [6, 6.07) is 5.52. The minimum Gasteiger partial charge on any atom is -0.397 e. The lowest BCUT2D eigenvalue weighted by Gasteiger charge is -2.05. The first-order valence-electron chi connectivity index (χ1n) is 4.88. The Morgan fingerprint density at radius 2 is 2.29 bits per heavy atom. The van der Waals surface area contributed by atoms with Crippen LogP contribution in [-0.2, 0) is 6.54 Å². The molecule has 4 nitrogen and oxygen atoms in total. The van der Waals surface area contributed by atoms with Crippen LogP contribution in [0.1, 0.15) is 15.2 Å². The van der Waals surface area contributed by atoms with Gasteiger partial charge in [0.25, 0.3) is 5.91 Å². The van der Waals surface area contributed by atoms with Gasteiger partial charge >= 0.3 is 0 Å². The molecule has 0 fully saturated rings. The zero-order chi connectivity index (χ0) is 12.3. The van der Waals surface area contributed by atoms with Crippen molar-refractivity contribution in [2.45, 2.75) is 6.54 Å². The van der Waals surface area contributed by atoms with Crippen molar-refractivity contribution < 1.29 is 4.79 Å². The topological polar surface area (TPSA) is 68.0 Å². The zero-order valence-electron chi connectivity index (χ0n) is 8.81. The normalized spacial score (nSPS) is 10.2. The van der Waals surface area contributed by atoms with E-state index in [1.807, 2.05) is 12.1 Å². The molecule has 3 N–H and O–H groups in total. The third kappa shape index (κ3) is 3.04. The second-order valence-electron chi connectivity index (χ2n) is 3.35. The Labute approximate surface area is 111 Å². The van der Waals surface area contributed by atoms with Gasteiger partial charge in [0.2, 0.25) is 0 Å². The lowest BCUT2D eigenvalue weighted by Crippen LogP contribution is -2.23. The lowest BCUT2D eigenvalue weighted by atomic mass is 10.2. The van der Waals surface area contributed by atoms with E-state index in [1.54, 1.807) is 23.6 Å². The van der Waals surface area contributed by atoms with Crippen molar-refractivity contribution in [1.82, 2.24) is 10.3 Å². The number of thiophene rings is 1. The molecule has 2 aromatic rings. The standard InChI is InChI=1S/C11H10BrN3OS/c12-10-2-1-7(17-10)5-15-11(16)8-3-4-14-6-9(8)13/h1-4,6H,5,13H2,(H,15,16). The van der Waals surface area contributed by atoms with Gasteiger partial charge < -0.3 is 11.1 Å². The molecule has 88 valence electrons. The van der Waals surface area contributed by atoms with E-state index in [0.29, 0.717) is 17.8 Å². The van der Waals surface area contributed by atoms with Crippen LogP contribution in [-0.4, -0.2) is 10.9 Å². The smallest absolute Gasteiger partial charge is 0.253 e. The molecule has 0 radical (unpaired) electrons. The van der Waals surface area contributed by atoms with E-state index in [-0.39, 0.29) is 5.91 Å². The van der Waals surface area contributed by atoms with Gasteiger partial charge in [-0.2, -0.15) is 0 Å². The molecule has 0 aliphatic carbocycles. The summed E-state index contributed by atoms with van der Waals surface area (Å²) in [7, 11) is 0. The number of hydrogen-bond donors (Lipinski definition) is 2. The summed E-state index contributed by atoms with van der Waals surface area (Å²) in [5.41, 5.74) is 6.51. The number of nitrogen functional groups attached to an aromatic ring is 1. The molecule has 0 aliphatic rings. The summed E-state index contributed by atoms with van der Waals surface area (Å²) in [6.07, 6.45) is 3.02. The van der Waals surface area contributed by atoms with Crippen LogP contribution in [0.2, 0.25) is 0 Å². The van der Waals surface area contributed by atoms with Gasteiger partial charge in [-0.15, -0.1) is 11.3 Å². The molecule has 0 bridgehead atoms. The number of nitrogens with two attached hydrogens (primary N) is 1. The minimum atomic E-state index is -0.186. The van der Waals surface area contributed by atoms with Crippen molar-refractivity contribution in [2.24, 2.45) is 0 Å². The second kappa shape index (κ2) is 5.29. The number of nitrogens with zero attached hydrogens (tertiary/aromatic N) is 1. The highest BCUT2D eigenvalue weighted by atomic mass is 79.9. The molecule has 0 saturated heterocycles. The summed E-state index contributed by atoms with van der Waals surface area (Å²) in [5, 5.41) is 2.81. The van der Waals surface area contributed by atoms with Gasteiger partial charge in [0.1, 0.15) is 0 Å². The Bertz CT molecular complexity index is 541. The van der Waals surface area contributed by atoms with Crippen molar-refractivity contribution in [3.05, 3.63) is 44.8 Å². The van der Waals surface area contributed by atoms with Crippen LogP contribution in [0, 0.1) is 0 Å². The number of halogens is 1. The van der Waals surface area contributed by atoms with Gasteiger partial charge in [-0.25, -0.2) is 0 Å². The Hall–Kier alpha value is -1.40. The van der Waals surface area contributed by atoms with Crippen molar-refractivity contribution >= 4 is 38.9 Å². The number of pyridine rings is 1. The molecular weight excluding hydrogens is 302 g/mol. The average molecular weight is 312 g/mol. The SMILES string of the molecule is Nc1cnccc1C(=O)NCc1ccc(Br)s1. The molecule has 0 atom stereocenters. The van der Waals surface area contributed by atoms with Crippen LogP contribution < -0.4 is 11.1 Å². The highest BCUT2D eigenvalue weighted by molar-refractivity contribution is 9.11. The summed E-state index contributed by atoms with van der Waals surface area (Å²) in [6.45, 7) is 0.497. The quantitative estimate of drug-likeness (QED) is 0.914. The van der Waals surface area contributed by atoms with Crippen LogP contribution in [0.25, 0.3) is 0 Å². The van der Waals surface area contributed by atoms with E-state index >= 15 is 0 Å². The first-order valence-corrected chi connectivity index (χ1v) is 6.49. The third-order valence-electron chi connectivity index (χ3n) is 2.15. The second-order valence-corrected chi connectivity index (χ2v) is 5.90. The molecule has 0 aliphatic heterocycles. The number of carbonyl (C=O) groups is 1. The minimum absolute atomic E-state index is 0.186. The van der Waals surface area contributed by atoms with E-state index < -0.39 is 0 Å². The molecule has 0 unspecified atom stereocenters. The summed E-state index contributed by atoms with van der Waals surface area (Å²) in [5.74, 6) is -0.186. The molecule has 0 spiro atoms. The number of amides is 1. The third-order valence-corrected chi connectivity index (χ3v) is 3.77. The predicted molar refractivity (Wildman–Crippen MR) is 71.8 cm³/mol. The molecule has 2 aromatic heterocycles. The summed E-state index contributed by atoms with van der Waals surface area (Å²) < 4.78 is 1.05. The maximum absolute atomic E-state index is 11.8. The fraction of sp³-hybridized carbons (Fsp3) is 0.0909. The first-order chi connectivity index (χ1) is 8.16. The number of anilines is 1. The van der Waals surface area contributed by atoms with Crippen LogP contribution in [0.15, 0.2) is 34.4 Å². The lowest BCUT2D eigenvalue weighted by molar-refractivity contribution is 0.0952. The average Bonchev–Trinajstić information content (AvgIpc) is 2.73. The largest absolute Gasteiger partial charge is 0.397 e. The Morgan fingerprint density at radius 1 is 1.47 bits per heavy atom. The highest BCUT2D eigenvalue weighted by Gasteiger charge is 2.09. The molecule has 17 heavy (non-hydrogen) atoms. The van der Waals surface area contributed by atoms with Crippen LogP contribution in [0.4, 0.5) is 5.69 Å². The van der Waals surface area contributed by atoms with Crippen molar-refractivity contribution in [1.29, 1.82) is 0 Å². The number of aromatic nitrogens is 1. The predicted octanol–water partition coefficient (Wildman–Crippen LogP) is 2.42. The molecular formula is C11H10BrN3OS. The van der Waals surface area contributed by atoms with E-state index in [1.165, 1.54) is 6.20 Å². The van der Waals surface area contributed by atoms with Gasteiger partial charge in [-0.3, -0.25) is 9.78 Å². The van der Waals surface area contributed by atoms with Crippen molar-refractivity contribution in [2.75, 3.05) is 5.73 Å². The van der Waals surface area contributed by atoms with E-state index in [0.717, 1.165) is 8.66 Å². The molecule has 2 heterocycles. The van der Waals surface area contributed by atoms with Crippen LogP contribution in [0.3, 0.4) is 0 Å². The maximum atomic E-state index is 11.8. The monoisotopic (exact) mass is 311 g/mol. The Kier molecular flexibility index (Phi) is 3.75. The Morgan fingerprint density at radius 3 is 2.94 bits per heavy atom. The molecule has 2 rings (SSSR count). The van der Waals surface area contributed by atoms with E-state index in [2.05, 4.69) is 26.2 Å². The molecule has 1 amide bonds. The van der Waals surface area contributed by atoms with Gasteiger partial charge in [-0.1, -0.05) is 0 Å². The summed E-state index contributed by atoms with van der Waals surface area (Å²) in [4.78, 5) is 16.7. The number of nitrogens with one attached hydrogen (secondary N) is 1. The number of carbonyl (C=O) groups excluding carboxylic acids is 1. The molecule has 0 aromatic carbocycles.